The van der Waals surface area contributed by atoms with Gasteiger partial charge in [-0.2, -0.15) is 0 Å². The summed E-state index contributed by atoms with van der Waals surface area (Å²) in [7, 11) is 0. The zero-order valence-corrected chi connectivity index (χ0v) is 15.5. The van der Waals surface area contributed by atoms with Crippen molar-refractivity contribution in [3.05, 3.63) is 34.8 Å². The summed E-state index contributed by atoms with van der Waals surface area (Å²) in [6, 6.07) is 8.04. The third kappa shape index (κ3) is 4.79. The molecule has 0 bridgehead atoms. The van der Waals surface area contributed by atoms with Crippen LogP contribution in [0.2, 0.25) is 0 Å². The quantitative estimate of drug-likeness (QED) is 0.769. The first kappa shape index (κ1) is 18.4. The predicted octanol–water partition coefficient (Wildman–Crippen LogP) is 3.25. The zero-order valence-electron chi connectivity index (χ0n) is 14.7. The van der Waals surface area contributed by atoms with Gasteiger partial charge in [0.25, 0.3) is 5.91 Å². The highest BCUT2D eigenvalue weighted by Crippen LogP contribution is 2.29. The van der Waals surface area contributed by atoms with Crippen molar-refractivity contribution in [2.24, 2.45) is 0 Å². The van der Waals surface area contributed by atoms with Gasteiger partial charge in [-0.3, -0.25) is 4.79 Å². The Morgan fingerprint density at radius 3 is 2.62 bits per heavy atom. The molecule has 5 nitrogen and oxygen atoms in total. The van der Waals surface area contributed by atoms with Crippen molar-refractivity contribution in [3.8, 4) is 16.3 Å². The first-order valence-corrected chi connectivity index (χ1v) is 9.09. The van der Waals surface area contributed by atoms with Gasteiger partial charge in [-0.1, -0.05) is 6.92 Å². The van der Waals surface area contributed by atoms with Gasteiger partial charge in [0.1, 0.15) is 15.6 Å². The third-order valence-electron chi connectivity index (χ3n) is 3.54. The fourth-order valence-electron chi connectivity index (χ4n) is 2.34. The molecule has 1 amide bonds. The van der Waals surface area contributed by atoms with Crippen LogP contribution in [0.25, 0.3) is 10.6 Å². The molecule has 0 spiro atoms. The minimum Gasteiger partial charge on any atom is -0.494 e. The summed E-state index contributed by atoms with van der Waals surface area (Å²) < 4.78 is 5.45. The molecule has 2 N–H and O–H groups in total. The summed E-state index contributed by atoms with van der Waals surface area (Å²) in [4.78, 5) is 17.6. The molecule has 1 atom stereocenters. The van der Waals surface area contributed by atoms with Gasteiger partial charge in [-0.25, -0.2) is 4.98 Å². The standard InChI is InChI=1S/C18H25N3O2S/c1-5-19-12(3)11-20-17(22)16-13(4)21-18(24-16)14-7-9-15(10-8-14)23-6-2/h7-10,12,19H,5-6,11H2,1-4H3,(H,20,22)/t12-/m1/s1. The number of nitrogens with zero attached hydrogens (tertiary/aromatic N) is 1. The van der Waals surface area contributed by atoms with E-state index >= 15 is 0 Å². The van der Waals surface area contributed by atoms with Crippen molar-refractivity contribution < 1.29 is 9.53 Å². The molecule has 2 rings (SSSR count). The maximum atomic E-state index is 12.4. The number of hydrogen-bond acceptors (Lipinski definition) is 5. The Hall–Kier alpha value is -1.92. The largest absolute Gasteiger partial charge is 0.494 e. The average Bonchev–Trinajstić information content (AvgIpc) is 2.96. The number of aryl methyl sites for hydroxylation is 1. The van der Waals surface area contributed by atoms with Crippen LogP contribution in [0, 0.1) is 6.92 Å². The van der Waals surface area contributed by atoms with Crippen LogP contribution < -0.4 is 15.4 Å². The first-order chi connectivity index (χ1) is 11.5. The van der Waals surface area contributed by atoms with E-state index in [4.69, 9.17) is 4.74 Å². The normalized spacial score (nSPS) is 12.0. The molecule has 130 valence electrons. The molecular weight excluding hydrogens is 322 g/mol. The average molecular weight is 347 g/mol. The van der Waals surface area contributed by atoms with E-state index in [1.807, 2.05) is 38.1 Å². The second kappa shape index (κ2) is 8.80. The lowest BCUT2D eigenvalue weighted by atomic mass is 10.2. The highest BCUT2D eigenvalue weighted by Gasteiger charge is 2.16. The summed E-state index contributed by atoms with van der Waals surface area (Å²) in [5.41, 5.74) is 1.75. The van der Waals surface area contributed by atoms with Crippen LogP contribution >= 0.6 is 11.3 Å². The highest BCUT2D eigenvalue weighted by molar-refractivity contribution is 7.17. The molecule has 0 radical (unpaired) electrons. The van der Waals surface area contributed by atoms with Crippen LogP contribution in [-0.2, 0) is 0 Å². The molecule has 0 aliphatic carbocycles. The van der Waals surface area contributed by atoms with Gasteiger partial charge in [0.2, 0.25) is 0 Å². The number of aromatic nitrogens is 1. The monoisotopic (exact) mass is 347 g/mol. The van der Waals surface area contributed by atoms with Crippen molar-refractivity contribution in [2.75, 3.05) is 19.7 Å². The number of hydrogen-bond donors (Lipinski definition) is 2. The topological polar surface area (TPSA) is 63.2 Å². The Bertz CT molecular complexity index is 667. The number of carbonyl (C=O) groups is 1. The Balaban J connectivity index is 2.07. The summed E-state index contributed by atoms with van der Waals surface area (Å²) >= 11 is 1.42. The Kier molecular flexibility index (Phi) is 6.75. The summed E-state index contributed by atoms with van der Waals surface area (Å²) in [5, 5.41) is 7.09. The van der Waals surface area contributed by atoms with Crippen molar-refractivity contribution in [1.82, 2.24) is 15.6 Å². The van der Waals surface area contributed by atoms with E-state index < -0.39 is 0 Å². The van der Waals surface area contributed by atoms with E-state index in [0.717, 1.165) is 28.6 Å². The number of likely N-dealkylation sites (N-methyl/N-ethyl adjacent to an activating group) is 1. The van der Waals surface area contributed by atoms with Gasteiger partial charge in [0.15, 0.2) is 0 Å². The Morgan fingerprint density at radius 2 is 2.00 bits per heavy atom. The van der Waals surface area contributed by atoms with Gasteiger partial charge in [0.05, 0.1) is 12.3 Å². The molecule has 0 fully saturated rings. The molecule has 0 aliphatic rings. The summed E-state index contributed by atoms with van der Waals surface area (Å²) in [6.45, 7) is 10.1. The molecule has 0 saturated carbocycles. The minimum absolute atomic E-state index is 0.0630. The second-order valence-electron chi connectivity index (χ2n) is 5.56. The zero-order chi connectivity index (χ0) is 17.5. The number of amides is 1. The van der Waals surface area contributed by atoms with Crippen molar-refractivity contribution >= 4 is 17.2 Å². The fourth-order valence-corrected chi connectivity index (χ4v) is 3.33. The van der Waals surface area contributed by atoms with Crippen LogP contribution in [0.1, 0.15) is 36.1 Å². The number of carbonyl (C=O) groups excluding carboxylic acids is 1. The van der Waals surface area contributed by atoms with Gasteiger partial charge < -0.3 is 15.4 Å². The molecule has 1 heterocycles. The minimum atomic E-state index is -0.0630. The number of thiazole rings is 1. The molecule has 0 saturated heterocycles. The van der Waals surface area contributed by atoms with E-state index in [-0.39, 0.29) is 11.9 Å². The van der Waals surface area contributed by atoms with E-state index in [1.165, 1.54) is 11.3 Å². The van der Waals surface area contributed by atoms with Gasteiger partial charge in [0, 0.05) is 18.2 Å². The summed E-state index contributed by atoms with van der Waals surface area (Å²) in [6.07, 6.45) is 0. The first-order valence-electron chi connectivity index (χ1n) is 8.27. The molecule has 24 heavy (non-hydrogen) atoms. The maximum absolute atomic E-state index is 12.4. The third-order valence-corrected chi connectivity index (χ3v) is 4.74. The van der Waals surface area contributed by atoms with Crippen LogP contribution in [-0.4, -0.2) is 36.6 Å². The maximum Gasteiger partial charge on any atom is 0.263 e. The Labute approximate surface area is 147 Å². The molecule has 2 aromatic rings. The lowest BCUT2D eigenvalue weighted by Gasteiger charge is -2.12. The van der Waals surface area contributed by atoms with E-state index in [1.54, 1.807) is 0 Å². The fraction of sp³-hybridized carbons (Fsp3) is 0.444. The van der Waals surface area contributed by atoms with E-state index in [2.05, 4.69) is 29.5 Å². The van der Waals surface area contributed by atoms with Gasteiger partial charge in [-0.15, -0.1) is 11.3 Å². The number of rotatable bonds is 8. The molecular formula is C18H25N3O2S. The molecule has 6 heteroatoms. The van der Waals surface area contributed by atoms with E-state index in [0.29, 0.717) is 18.0 Å². The smallest absolute Gasteiger partial charge is 0.263 e. The van der Waals surface area contributed by atoms with Crippen LogP contribution in [0.3, 0.4) is 0 Å². The van der Waals surface area contributed by atoms with Gasteiger partial charge >= 0.3 is 0 Å². The number of benzene rings is 1. The molecule has 1 aromatic heterocycles. The highest BCUT2D eigenvalue weighted by atomic mass is 32.1. The summed E-state index contributed by atoms with van der Waals surface area (Å²) in [5.74, 6) is 0.775. The lowest BCUT2D eigenvalue weighted by Crippen LogP contribution is -2.38. The van der Waals surface area contributed by atoms with Crippen molar-refractivity contribution in [1.29, 1.82) is 0 Å². The molecule has 0 aliphatic heterocycles. The van der Waals surface area contributed by atoms with Crippen molar-refractivity contribution in [3.63, 3.8) is 0 Å². The van der Waals surface area contributed by atoms with Crippen LogP contribution in [0.4, 0.5) is 0 Å². The Morgan fingerprint density at radius 1 is 1.29 bits per heavy atom. The lowest BCUT2D eigenvalue weighted by molar-refractivity contribution is 0.0953. The predicted molar refractivity (Wildman–Crippen MR) is 98.9 cm³/mol. The van der Waals surface area contributed by atoms with E-state index in [9.17, 15) is 4.79 Å². The number of ether oxygens (including phenoxy) is 1. The molecule has 0 unspecified atom stereocenters. The van der Waals surface area contributed by atoms with Crippen LogP contribution in [0.15, 0.2) is 24.3 Å². The van der Waals surface area contributed by atoms with Gasteiger partial charge in [-0.05, 0) is 51.6 Å². The number of nitrogens with one attached hydrogen (secondary N) is 2. The second-order valence-corrected chi connectivity index (χ2v) is 6.56. The van der Waals surface area contributed by atoms with Crippen molar-refractivity contribution in [2.45, 2.75) is 33.7 Å². The molecule has 1 aromatic carbocycles. The SMILES string of the molecule is CCN[C@H](C)CNC(=O)c1sc(-c2ccc(OCC)cc2)nc1C. The van der Waals surface area contributed by atoms with Crippen LogP contribution in [0.5, 0.6) is 5.75 Å².